The number of aryl methyl sites for hydroxylation is 2. The topological polar surface area (TPSA) is 101 Å². The van der Waals surface area contributed by atoms with Gasteiger partial charge >= 0.3 is 0 Å². The Hall–Kier alpha value is -2.19. The molecule has 0 bridgehead atoms. The van der Waals surface area contributed by atoms with Gasteiger partial charge in [-0.3, -0.25) is 10.1 Å². The van der Waals surface area contributed by atoms with Crippen LogP contribution in [0.15, 0.2) is 27.6 Å². The van der Waals surface area contributed by atoms with Crippen LogP contribution >= 0.6 is 0 Å². The third kappa shape index (κ3) is 3.74. The zero-order valence-electron chi connectivity index (χ0n) is 14.4. The van der Waals surface area contributed by atoms with Crippen LogP contribution in [0.5, 0.6) is 0 Å². The van der Waals surface area contributed by atoms with E-state index in [0.29, 0.717) is 28.8 Å². The van der Waals surface area contributed by atoms with Crippen molar-refractivity contribution in [1.29, 1.82) is 0 Å². The fourth-order valence-corrected chi connectivity index (χ4v) is 4.21. The summed E-state index contributed by atoms with van der Waals surface area (Å²) in [5.41, 5.74) is 2.57. The molecule has 2 N–H and O–H groups in total. The van der Waals surface area contributed by atoms with Gasteiger partial charge in [0.05, 0.1) is 16.2 Å². The molecule has 7 nitrogen and oxygen atoms in total. The number of anilines is 1. The number of sulfonamides is 1. The second kappa shape index (κ2) is 6.61. The van der Waals surface area contributed by atoms with E-state index in [2.05, 4.69) is 15.2 Å². The summed E-state index contributed by atoms with van der Waals surface area (Å²) in [7, 11) is -3.59. The number of hydrogen-bond acceptors (Lipinski definition) is 5. The number of nitrogens with one attached hydrogen (secondary N) is 2. The Morgan fingerprint density at radius 1 is 1.36 bits per heavy atom. The summed E-state index contributed by atoms with van der Waals surface area (Å²) in [6.07, 6.45) is 2.33. The van der Waals surface area contributed by atoms with Gasteiger partial charge in [-0.25, -0.2) is 13.1 Å². The molecule has 1 aliphatic carbocycles. The number of carbonyl (C=O) groups excluding carboxylic acids is 1. The number of amides is 1. The molecule has 3 rings (SSSR count). The molecule has 0 atom stereocenters. The molecule has 25 heavy (non-hydrogen) atoms. The number of aromatic nitrogens is 1. The normalized spacial score (nSPS) is 14.5. The van der Waals surface area contributed by atoms with Crippen molar-refractivity contribution in [2.75, 3.05) is 5.32 Å². The summed E-state index contributed by atoms with van der Waals surface area (Å²) >= 11 is 0. The van der Waals surface area contributed by atoms with Crippen molar-refractivity contribution in [2.45, 2.75) is 51.0 Å². The lowest BCUT2D eigenvalue weighted by molar-refractivity contribution is -0.114. The Kier molecular flexibility index (Phi) is 4.66. The van der Waals surface area contributed by atoms with E-state index in [1.54, 1.807) is 19.1 Å². The number of rotatable bonds is 6. The van der Waals surface area contributed by atoms with Crippen molar-refractivity contribution in [3.05, 3.63) is 29.5 Å². The number of hydrogen-bond donors (Lipinski definition) is 2. The maximum Gasteiger partial charge on any atom is 0.241 e. The van der Waals surface area contributed by atoms with E-state index in [0.717, 1.165) is 12.8 Å². The Labute approximate surface area is 146 Å². The highest BCUT2D eigenvalue weighted by atomic mass is 32.2. The van der Waals surface area contributed by atoms with Crippen LogP contribution in [0.3, 0.4) is 0 Å². The SMILES string of the molecule is CCc1noc(NC(C)=O)c1-c1ccc(C)c(S(=O)(=O)NC2CC2)c1. The molecular formula is C17H21N3O4S. The van der Waals surface area contributed by atoms with Crippen LogP contribution in [-0.2, 0) is 21.2 Å². The Bertz CT molecular complexity index is 914. The highest BCUT2D eigenvalue weighted by Gasteiger charge is 2.29. The van der Waals surface area contributed by atoms with Crippen LogP contribution < -0.4 is 10.0 Å². The van der Waals surface area contributed by atoms with E-state index in [1.165, 1.54) is 6.92 Å². The third-order valence-corrected chi connectivity index (χ3v) is 5.72. The third-order valence-electron chi connectivity index (χ3n) is 4.05. The molecule has 1 amide bonds. The van der Waals surface area contributed by atoms with Crippen molar-refractivity contribution in [3.63, 3.8) is 0 Å². The maximum absolute atomic E-state index is 12.6. The van der Waals surface area contributed by atoms with Crippen molar-refractivity contribution in [2.24, 2.45) is 0 Å². The van der Waals surface area contributed by atoms with E-state index in [9.17, 15) is 13.2 Å². The molecule has 134 valence electrons. The summed E-state index contributed by atoms with van der Waals surface area (Å²) in [5.74, 6) is -0.0536. The first-order chi connectivity index (χ1) is 11.8. The highest BCUT2D eigenvalue weighted by Crippen LogP contribution is 2.34. The number of benzene rings is 1. The first-order valence-corrected chi connectivity index (χ1v) is 9.69. The average molecular weight is 363 g/mol. The van der Waals surface area contributed by atoms with Gasteiger partial charge in [0.25, 0.3) is 0 Å². The van der Waals surface area contributed by atoms with Gasteiger partial charge in [-0.1, -0.05) is 24.2 Å². The van der Waals surface area contributed by atoms with E-state index in [4.69, 9.17) is 4.52 Å². The van der Waals surface area contributed by atoms with Gasteiger partial charge in [0, 0.05) is 13.0 Å². The molecule has 0 spiro atoms. The Morgan fingerprint density at radius 3 is 2.68 bits per heavy atom. The molecule has 0 radical (unpaired) electrons. The number of carbonyl (C=O) groups is 1. The molecule has 2 aromatic rings. The predicted octanol–water partition coefficient (Wildman–Crippen LogP) is 2.61. The van der Waals surface area contributed by atoms with Gasteiger partial charge in [0.2, 0.25) is 21.8 Å². The Morgan fingerprint density at radius 2 is 2.08 bits per heavy atom. The standard InChI is InChI=1S/C17H21N3O4S/c1-4-14-16(17(24-19-14)18-11(3)21)12-6-5-10(2)15(9-12)25(22,23)20-13-7-8-13/h5-6,9,13,20H,4,7-8H2,1-3H3,(H,18,21). The molecule has 1 saturated carbocycles. The van der Waals surface area contributed by atoms with Crippen molar-refractivity contribution < 1.29 is 17.7 Å². The van der Waals surface area contributed by atoms with Crippen molar-refractivity contribution in [1.82, 2.24) is 9.88 Å². The zero-order valence-corrected chi connectivity index (χ0v) is 15.2. The minimum absolute atomic E-state index is 0.0322. The van der Waals surface area contributed by atoms with Crippen molar-refractivity contribution in [3.8, 4) is 11.1 Å². The summed E-state index contributed by atoms with van der Waals surface area (Å²) in [5, 5.41) is 6.59. The largest absolute Gasteiger partial charge is 0.337 e. The summed E-state index contributed by atoms with van der Waals surface area (Å²) in [4.78, 5) is 11.6. The highest BCUT2D eigenvalue weighted by molar-refractivity contribution is 7.89. The van der Waals surface area contributed by atoms with Gasteiger partial charge in [-0.05, 0) is 43.4 Å². The predicted molar refractivity (Wildman–Crippen MR) is 93.7 cm³/mol. The monoisotopic (exact) mass is 363 g/mol. The maximum atomic E-state index is 12.6. The number of nitrogens with zero attached hydrogens (tertiary/aromatic N) is 1. The molecule has 0 saturated heterocycles. The molecule has 0 unspecified atom stereocenters. The lowest BCUT2D eigenvalue weighted by Crippen LogP contribution is -2.26. The van der Waals surface area contributed by atoms with Crippen LogP contribution in [0.2, 0.25) is 0 Å². The summed E-state index contributed by atoms with van der Waals surface area (Å²) in [6.45, 7) is 5.05. The van der Waals surface area contributed by atoms with E-state index >= 15 is 0 Å². The second-order valence-electron chi connectivity index (χ2n) is 6.24. The second-order valence-corrected chi connectivity index (χ2v) is 7.93. The van der Waals surface area contributed by atoms with Crippen molar-refractivity contribution >= 4 is 21.8 Å². The van der Waals surface area contributed by atoms with E-state index in [1.807, 2.05) is 13.0 Å². The van der Waals surface area contributed by atoms with Crippen LogP contribution in [0.4, 0.5) is 5.88 Å². The Balaban J connectivity index is 2.08. The molecule has 1 aromatic carbocycles. The first-order valence-electron chi connectivity index (χ1n) is 8.21. The van der Waals surface area contributed by atoms with Crippen LogP contribution in [0.25, 0.3) is 11.1 Å². The fraction of sp³-hybridized carbons (Fsp3) is 0.412. The molecule has 1 heterocycles. The molecule has 1 aromatic heterocycles. The van der Waals surface area contributed by atoms with Gasteiger partial charge < -0.3 is 4.52 Å². The quantitative estimate of drug-likeness (QED) is 0.821. The summed E-state index contributed by atoms with van der Waals surface area (Å²) < 4.78 is 33.2. The van der Waals surface area contributed by atoms with Gasteiger partial charge in [-0.15, -0.1) is 0 Å². The smallest absolute Gasteiger partial charge is 0.241 e. The lowest BCUT2D eigenvalue weighted by Gasteiger charge is -2.11. The molecule has 1 aliphatic rings. The van der Waals surface area contributed by atoms with E-state index < -0.39 is 10.0 Å². The average Bonchev–Trinajstić information content (AvgIpc) is 3.25. The minimum atomic E-state index is -3.59. The molecular weight excluding hydrogens is 342 g/mol. The van der Waals surface area contributed by atoms with Crippen LogP contribution in [0.1, 0.15) is 37.9 Å². The van der Waals surface area contributed by atoms with Gasteiger partial charge in [0.1, 0.15) is 0 Å². The first kappa shape index (κ1) is 17.6. The molecule has 8 heteroatoms. The zero-order chi connectivity index (χ0) is 18.2. The summed E-state index contributed by atoms with van der Waals surface area (Å²) in [6, 6.07) is 5.20. The minimum Gasteiger partial charge on any atom is -0.337 e. The molecule has 1 fully saturated rings. The van der Waals surface area contributed by atoms with E-state index in [-0.39, 0.29) is 22.7 Å². The lowest BCUT2D eigenvalue weighted by atomic mass is 10.0. The molecule has 0 aliphatic heterocycles. The van der Waals surface area contributed by atoms with Gasteiger partial charge in [-0.2, -0.15) is 0 Å². The van der Waals surface area contributed by atoms with Crippen LogP contribution in [0, 0.1) is 6.92 Å². The fourth-order valence-electron chi connectivity index (χ4n) is 2.64. The van der Waals surface area contributed by atoms with Crippen LogP contribution in [-0.4, -0.2) is 25.5 Å². The van der Waals surface area contributed by atoms with Gasteiger partial charge in [0.15, 0.2) is 0 Å².